The van der Waals surface area contributed by atoms with Gasteiger partial charge in [-0.3, -0.25) is 0 Å². The minimum atomic E-state index is 1.15. The van der Waals surface area contributed by atoms with Gasteiger partial charge in [0.1, 0.15) is 0 Å². The van der Waals surface area contributed by atoms with Gasteiger partial charge in [-0.15, -0.1) is 0 Å². The van der Waals surface area contributed by atoms with E-state index in [4.69, 9.17) is 0 Å². The fourth-order valence-electron chi connectivity index (χ4n) is 2.86. The first-order valence-electron chi connectivity index (χ1n) is 7.46. The van der Waals surface area contributed by atoms with Crippen LogP contribution in [0, 0.1) is 53.1 Å². The minimum absolute atomic E-state index is 1.15. The van der Waals surface area contributed by atoms with Crippen LogP contribution >= 0.6 is 15.7 Å². The Morgan fingerprint density at radius 1 is 0.682 bits per heavy atom. The molecule has 0 spiro atoms. The van der Waals surface area contributed by atoms with Gasteiger partial charge in [-0.25, -0.2) is 0 Å². The molecule has 2 aromatic carbocycles. The molecular weight excluding hydrogens is 302 g/mol. The van der Waals surface area contributed by atoms with Crippen molar-refractivity contribution in [3.05, 3.63) is 63.2 Å². The van der Waals surface area contributed by atoms with Crippen molar-refractivity contribution in [1.29, 1.82) is 0 Å². The lowest BCUT2D eigenvalue weighted by Crippen LogP contribution is -2.02. The molecule has 0 heterocycles. The molecule has 0 nitrogen and oxygen atoms in total. The van der Waals surface area contributed by atoms with Crippen LogP contribution in [0.3, 0.4) is 0 Å². The smallest absolute Gasteiger partial charge is 0.0311 e. The molecule has 0 atom stereocenters. The van der Waals surface area contributed by atoms with E-state index in [0.29, 0.717) is 0 Å². The Hall–Kier alpha value is -1.40. The molecule has 0 bridgehead atoms. The van der Waals surface area contributed by atoms with Gasteiger partial charge in [0.15, 0.2) is 0 Å². The molecule has 0 radical (unpaired) electrons. The van der Waals surface area contributed by atoms with Gasteiger partial charge in [0.2, 0.25) is 0 Å². The molecule has 22 heavy (non-hydrogen) atoms. The van der Waals surface area contributed by atoms with Crippen LogP contribution in [-0.2, 0) is 0 Å². The Balaban J connectivity index is 2.29. The molecule has 112 valence electrons. The lowest BCUT2D eigenvalue weighted by atomic mass is 10.0. The molecule has 0 saturated carbocycles. The highest BCUT2D eigenvalue weighted by Gasteiger charge is 2.01. The zero-order valence-corrected chi connectivity index (χ0v) is 16.0. The molecule has 0 N–H and O–H groups in total. The predicted octanol–water partition coefficient (Wildman–Crippen LogP) is 5.98. The van der Waals surface area contributed by atoms with E-state index < -0.39 is 0 Å². The number of aryl methyl sites for hydroxylation is 6. The van der Waals surface area contributed by atoms with Crippen LogP contribution in [0.25, 0.3) is 0 Å². The maximum atomic E-state index is 3.36. The van der Waals surface area contributed by atoms with Crippen molar-refractivity contribution in [1.82, 2.24) is 0 Å². The van der Waals surface area contributed by atoms with Gasteiger partial charge >= 0.3 is 0 Å². The average Bonchev–Trinajstić information content (AvgIpc) is 2.38. The van der Waals surface area contributed by atoms with Crippen molar-refractivity contribution in [2.45, 2.75) is 41.5 Å². The SMILES string of the molecule is Cc1cc(C)c(C#CP=Pc2c(C)cc(C)cc2C)c(C)c1. The molecule has 2 heteroatoms. The van der Waals surface area contributed by atoms with Crippen molar-refractivity contribution in [2.24, 2.45) is 0 Å². The Labute approximate surface area is 137 Å². The Kier molecular flexibility index (Phi) is 5.58. The maximum Gasteiger partial charge on any atom is 0.0311 e. The Morgan fingerprint density at radius 2 is 1.14 bits per heavy atom. The first-order valence-corrected chi connectivity index (χ1v) is 9.95. The molecule has 0 aliphatic heterocycles. The van der Waals surface area contributed by atoms with Crippen LogP contribution in [0.1, 0.15) is 38.9 Å². The van der Waals surface area contributed by atoms with E-state index in [2.05, 4.69) is 77.4 Å². The third kappa shape index (κ3) is 4.08. The molecule has 0 fully saturated rings. The first kappa shape index (κ1) is 17.0. The van der Waals surface area contributed by atoms with Crippen LogP contribution in [0.5, 0.6) is 0 Å². The summed E-state index contributed by atoms with van der Waals surface area (Å²) in [6, 6.07) is 8.93. The second kappa shape index (κ2) is 7.24. The standard InChI is InChI=1S/C20H22P2/c1-13-9-15(3)19(16(4)10-13)7-8-21-22-20-17(5)11-14(2)12-18(20)6/h9-12H,1-6H3. The van der Waals surface area contributed by atoms with Crippen molar-refractivity contribution in [3.63, 3.8) is 0 Å². The van der Waals surface area contributed by atoms with E-state index >= 15 is 0 Å². The molecular formula is C20H22P2. The number of rotatable bonds is 1. The molecule has 0 amide bonds. The molecule has 0 aromatic heterocycles. The predicted molar refractivity (Wildman–Crippen MR) is 102 cm³/mol. The summed E-state index contributed by atoms with van der Waals surface area (Å²) in [6.45, 7) is 13.0. The summed E-state index contributed by atoms with van der Waals surface area (Å²) in [5.74, 6) is 3.36. The number of hydrogen-bond donors (Lipinski definition) is 0. The second-order valence-electron chi connectivity index (χ2n) is 5.96. The molecule has 2 rings (SSSR count). The number of benzene rings is 2. The fraction of sp³-hybridized carbons (Fsp3) is 0.300. The third-order valence-corrected chi connectivity index (χ3v) is 6.11. The van der Waals surface area contributed by atoms with Gasteiger partial charge in [0, 0.05) is 18.7 Å². The van der Waals surface area contributed by atoms with Crippen molar-refractivity contribution >= 4 is 21.0 Å². The highest BCUT2D eigenvalue weighted by Crippen LogP contribution is 2.21. The zero-order valence-electron chi connectivity index (χ0n) is 14.2. The van der Waals surface area contributed by atoms with Crippen LogP contribution in [0.4, 0.5) is 0 Å². The summed E-state index contributed by atoms with van der Waals surface area (Å²) in [6.07, 6.45) is 0. The van der Waals surface area contributed by atoms with Gasteiger partial charge < -0.3 is 0 Å². The van der Waals surface area contributed by atoms with Crippen LogP contribution < -0.4 is 5.30 Å². The molecule has 0 aliphatic carbocycles. The first-order chi connectivity index (χ1) is 10.4. The minimum Gasteiger partial charge on any atom is -0.0564 e. The summed E-state index contributed by atoms with van der Waals surface area (Å²) >= 11 is 0. The van der Waals surface area contributed by atoms with Crippen molar-refractivity contribution in [2.75, 3.05) is 0 Å². The van der Waals surface area contributed by atoms with Gasteiger partial charge in [-0.2, -0.15) is 0 Å². The van der Waals surface area contributed by atoms with Gasteiger partial charge in [0.25, 0.3) is 0 Å². The summed E-state index contributed by atoms with van der Waals surface area (Å²) in [7, 11) is 2.42. The largest absolute Gasteiger partial charge is 0.0564 e. The van der Waals surface area contributed by atoms with E-state index in [1.54, 1.807) is 0 Å². The third-order valence-electron chi connectivity index (χ3n) is 3.69. The molecule has 0 saturated heterocycles. The topological polar surface area (TPSA) is 0 Å². The molecule has 0 unspecified atom stereocenters. The molecule has 0 aliphatic rings. The van der Waals surface area contributed by atoms with E-state index in [1.165, 1.54) is 52.1 Å². The normalized spacial score (nSPS) is 10.6. The second-order valence-corrected chi connectivity index (χ2v) is 8.23. The molecule has 2 aromatic rings. The van der Waals surface area contributed by atoms with E-state index in [-0.39, 0.29) is 0 Å². The quantitative estimate of drug-likeness (QED) is 0.447. The Morgan fingerprint density at radius 3 is 1.64 bits per heavy atom. The lowest BCUT2D eigenvalue weighted by molar-refractivity contribution is 1.30. The maximum absolute atomic E-state index is 3.36. The summed E-state index contributed by atoms with van der Waals surface area (Å²) in [4.78, 5) is 0. The van der Waals surface area contributed by atoms with Crippen LogP contribution in [-0.4, -0.2) is 0 Å². The lowest BCUT2D eigenvalue weighted by Gasteiger charge is -2.05. The van der Waals surface area contributed by atoms with Crippen molar-refractivity contribution < 1.29 is 0 Å². The summed E-state index contributed by atoms with van der Waals surface area (Å²) < 4.78 is 0. The number of hydrogen-bond acceptors (Lipinski definition) is 0. The fourth-order valence-corrected chi connectivity index (χ4v) is 5.17. The monoisotopic (exact) mass is 324 g/mol. The summed E-state index contributed by atoms with van der Waals surface area (Å²) in [5, 5.41) is 1.42. The van der Waals surface area contributed by atoms with E-state index in [9.17, 15) is 0 Å². The van der Waals surface area contributed by atoms with Crippen molar-refractivity contribution in [3.8, 4) is 11.6 Å². The zero-order chi connectivity index (χ0) is 16.3. The van der Waals surface area contributed by atoms with Gasteiger partial charge in [-0.05, 0) is 77.3 Å². The highest BCUT2D eigenvalue weighted by molar-refractivity contribution is 7.90. The van der Waals surface area contributed by atoms with Gasteiger partial charge in [0.05, 0.1) is 0 Å². The highest BCUT2D eigenvalue weighted by atomic mass is 31.7. The average molecular weight is 324 g/mol. The van der Waals surface area contributed by atoms with E-state index in [1.807, 2.05) is 0 Å². The Bertz CT molecular complexity index is 756. The van der Waals surface area contributed by atoms with Gasteiger partial charge in [-0.1, -0.05) is 41.3 Å². The van der Waals surface area contributed by atoms with E-state index in [0.717, 1.165) is 7.87 Å². The van der Waals surface area contributed by atoms with Crippen LogP contribution in [0.15, 0.2) is 24.3 Å². The summed E-state index contributed by atoms with van der Waals surface area (Å²) in [5.41, 5.74) is 12.5. The van der Waals surface area contributed by atoms with Crippen LogP contribution in [0.2, 0.25) is 0 Å².